The van der Waals surface area contributed by atoms with Gasteiger partial charge in [-0.05, 0) is 54.4 Å². The largest absolute Gasteiger partial charge is 0.465 e. The van der Waals surface area contributed by atoms with Crippen molar-refractivity contribution in [3.05, 3.63) is 64.5 Å². The van der Waals surface area contributed by atoms with Crippen LogP contribution in [0.25, 0.3) is 10.1 Å². The maximum Gasteiger partial charge on any atom is 0.348 e. The van der Waals surface area contributed by atoms with E-state index >= 15 is 0 Å². The predicted molar refractivity (Wildman–Crippen MR) is 107 cm³/mol. The van der Waals surface area contributed by atoms with Gasteiger partial charge in [-0.2, -0.15) is 0 Å². The second-order valence-electron chi connectivity index (χ2n) is 5.65. The first-order valence-corrected chi connectivity index (χ1v) is 9.00. The molecule has 2 aromatic carbocycles. The molecule has 128 valence electrons. The van der Waals surface area contributed by atoms with E-state index < -0.39 is 0 Å². The molecular weight excluding hydrogens is 352 g/mol. The number of fused-ring (bicyclic) bond motifs is 1. The molecule has 4 nitrogen and oxygen atoms in total. The van der Waals surface area contributed by atoms with Crippen molar-refractivity contribution in [2.45, 2.75) is 13.5 Å². The van der Waals surface area contributed by atoms with Crippen LogP contribution in [0.15, 0.2) is 48.5 Å². The average molecular weight is 370 g/mol. The van der Waals surface area contributed by atoms with E-state index in [2.05, 4.69) is 41.8 Å². The first-order valence-electron chi connectivity index (χ1n) is 7.77. The molecule has 0 saturated carbocycles. The van der Waals surface area contributed by atoms with Crippen molar-refractivity contribution in [3.8, 4) is 0 Å². The number of aryl methyl sites for hydroxylation is 1. The number of thiophene rings is 1. The summed E-state index contributed by atoms with van der Waals surface area (Å²) in [5, 5.41) is 7.92. The van der Waals surface area contributed by atoms with Crippen molar-refractivity contribution in [1.82, 2.24) is 5.32 Å². The molecule has 0 atom stereocenters. The van der Waals surface area contributed by atoms with Crippen LogP contribution in [0.1, 0.15) is 20.8 Å². The van der Waals surface area contributed by atoms with Crippen LogP contribution in [-0.4, -0.2) is 18.2 Å². The standard InChI is InChI=1S/C19H18N2O2S2/c1-12-3-5-13(6-4-12)11-20-19(24)21-15-7-8-16-14(9-15)10-17(25-16)18(22)23-2/h3-10H,11H2,1-2H3,(H2,20,21,24). The third kappa shape index (κ3) is 4.35. The molecule has 1 aromatic heterocycles. The fourth-order valence-corrected chi connectivity index (χ4v) is 3.54. The summed E-state index contributed by atoms with van der Waals surface area (Å²) in [6.07, 6.45) is 0. The van der Waals surface area contributed by atoms with Gasteiger partial charge in [0.1, 0.15) is 4.88 Å². The lowest BCUT2D eigenvalue weighted by atomic mass is 10.1. The molecule has 0 aliphatic carbocycles. The van der Waals surface area contributed by atoms with Crippen molar-refractivity contribution >= 4 is 50.4 Å². The number of thiocarbonyl (C=S) groups is 1. The molecule has 0 bridgehead atoms. The smallest absolute Gasteiger partial charge is 0.348 e. The molecule has 1 heterocycles. The monoisotopic (exact) mass is 370 g/mol. The number of carbonyl (C=O) groups excluding carboxylic acids is 1. The van der Waals surface area contributed by atoms with Gasteiger partial charge >= 0.3 is 5.97 Å². The van der Waals surface area contributed by atoms with Crippen molar-refractivity contribution in [1.29, 1.82) is 0 Å². The molecule has 6 heteroatoms. The quantitative estimate of drug-likeness (QED) is 0.524. The highest BCUT2D eigenvalue weighted by Crippen LogP contribution is 2.28. The summed E-state index contributed by atoms with van der Waals surface area (Å²) in [7, 11) is 1.39. The van der Waals surface area contributed by atoms with E-state index in [0.717, 1.165) is 15.8 Å². The Morgan fingerprint density at radius 3 is 2.64 bits per heavy atom. The highest BCUT2D eigenvalue weighted by molar-refractivity contribution is 7.80. The van der Waals surface area contributed by atoms with Crippen LogP contribution < -0.4 is 10.6 Å². The van der Waals surface area contributed by atoms with Gasteiger partial charge in [-0.1, -0.05) is 29.8 Å². The lowest BCUT2D eigenvalue weighted by molar-refractivity contribution is 0.0606. The zero-order valence-electron chi connectivity index (χ0n) is 14.0. The van der Waals surface area contributed by atoms with Gasteiger partial charge in [-0.25, -0.2) is 4.79 Å². The summed E-state index contributed by atoms with van der Waals surface area (Å²) in [4.78, 5) is 12.2. The van der Waals surface area contributed by atoms with E-state index in [1.165, 1.54) is 29.6 Å². The number of hydrogen-bond donors (Lipinski definition) is 2. The number of carbonyl (C=O) groups is 1. The molecule has 3 rings (SSSR count). The normalized spacial score (nSPS) is 10.5. The zero-order chi connectivity index (χ0) is 17.8. The average Bonchev–Trinajstić information content (AvgIpc) is 3.04. The van der Waals surface area contributed by atoms with Crippen LogP contribution in [0.2, 0.25) is 0 Å². The lowest BCUT2D eigenvalue weighted by Gasteiger charge is -2.11. The molecule has 0 aliphatic rings. The number of esters is 1. The highest BCUT2D eigenvalue weighted by atomic mass is 32.1. The molecule has 3 aromatic rings. The van der Waals surface area contributed by atoms with E-state index in [-0.39, 0.29) is 5.97 Å². The van der Waals surface area contributed by atoms with Crippen LogP contribution in [-0.2, 0) is 11.3 Å². The molecule has 0 aliphatic heterocycles. The SMILES string of the molecule is COC(=O)c1cc2cc(NC(=S)NCc3ccc(C)cc3)ccc2s1. The fourth-order valence-electron chi connectivity index (χ4n) is 2.39. The molecular formula is C19H18N2O2S2. The van der Waals surface area contributed by atoms with Crippen molar-refractivity contribution in [3.63, 3.8) is 0 Å². The van der Waals surface area contributed by atoms with Gasteiger partial charge in [-0.3, -0.25) is 0 Å². The minimum atomic E-state index is -0.314. The van der Waals surface area contributed by atoms with Gasteiger partial charge in [-0.15, -0.1) is 11.3 Å². The minimum absolute atomic E-state index is 0.314. The van der Waals surface area contributed by atoms with Crippen LogP contribution in [0, 0.1) is 6.92 Å². The summed E-state index contributed by atoms with van der Waals surface area (Å²) < 4.78 is 5.80. The van der Waals surface area contributed by atoms with Crippen LogP contribution in [0.4, 0.5) is 5.69 Å². The van der Waals surface area contributed by atoms with Gasteiger partial charge in [0.2, 0.25) is 0 Å². The van der Waals surface area contributed by atoms with Crippen molar-refractivity contribution in [2.75, 3.05) is 12.4 Å². The Bertz CT molecular complexity index is 917. The van der Waals surface area contributed by atoms with Gasteiger partial charge in [0.05, 0.1) is 7.11 Å². The molecule has 0 radical (unpaired) electrons. The first-order chi connectivity index (χ1) is 12.0. The summed E-state index contributed by atoms with van der Waals surface area (Å²) in [5.74, 6) is -0.314. The maximum absolute atomic E-state index is 11.6. The number of ether oxygens (including phenoxy) is 1. The van der Waals surface area contributed by atoms with Crippen molar-refractivity contribution in [2.24, 2.45) is 0 Å². The van der Waals surface area contributed by atoms with E-state index in [1.807, 2.05) is 24.3 Å². The Labute approximate surface area is 155 Å². The number of nitrogens with one attached hydrogen (secondary N) is 2. The lowest BCUT2D eigenvalue weighted by Crippen LogP contribution is -2.27. The second kappa shape index (κ2) is 7.63. The highest BCUT2D eigenvalue weighted by Gasteiger charge is 2.10. The Morgan fingerprint density at radius 1 is 1.16 bits per heavy atom. The van der Waals surface area contributed by atoms with Crippen LogP contribution in [0.5, 0.6) is 0 Å². The molecule has 2 N–H and O–H groups in total. The predicted octanol–water partition coefficient (Wildman–Crippen LogP) is 4.48. The summed E-state index contributed by atoms with van der Waals surface area (Å²) in [6, 6.07) is 16.0. The summed E-state index contributed by atoms with van der Waals surface area (Å²) >= 11 is 6.77. The van der Waals surface area contributed by atoms with E-state index in [4.69, 9.17) is 17.0 Å². The molecule has 0 fully saturated rings. The molecule has 0 spiro atoms. The third-order valence-corrected chi connectivity index (χ3v) is 5.08. The third-order valence-electron chi connectivity index (χ3n) is 3.73. The van der Waals surface area contributed by atoms with Crippen LogP contribution in [0.3, 0.4) is 0 Å². The molecule has 0 amide bonds. The topological polar surface area (TPSA) is 50.4 Å². The molecule has 0 saturated heterocycles. The van der Waals surface area contributed by atoms with Crippen LogP contribution >= 0.6 is 23.6 Å². The van der Waals surface area contributed by atoms with Gasteiger partial charge in [0.25, 0.3) is 0 Å². The minimum Gasteiger partial charge on any atom is -0.465 e. The van der Waals surface area contributed by atoms with E-state index in [1.54, 1.807) is 0 Å². The number of methoxy groups -OCH3 is 1. The number of benzene rings is 2. The Morgan fingerprint density at radius 2 is 1.92 bits per heavy atom. The van der Waals surface area contributed by atoms with Gasteiger partial charge in [0, 0.05) is 16.9 Å². The van der Waals surface area contributed by atoms with E-state index in [0.29, 0.717) is 16.5 Å². The number of hydrogen-bond acceptors (Lipinski definition) is 4. The Balaban J connectivity index is 1.64. The Hall–Kier alpha value is -2.44. The second-order valence-corrected chi connectivity index (χ2v) is 7.14. The summed E-state index contributed by atoms with van der Waals surface area (Å²) in [6.45, 7) is 2.73. The zero-order valence-corrected chi connectivity index (χ0v) is 15.6. The first kappa shape index (κ1) is 17.4. The Kier molecular flexibility index (Phi) is 5.31. The molecule has 25 heavy (non-hydrogen) atoms. The van der Waals surface area contributed by atoms with E-state index in [9.17, 15) is 4.79 Å². The van der Waals surface area contributed by atoms with Crippen molar-refractivity contribution < 1.29 is 9.53 Å². The fraction of sp³-hybridized carbons (Fsp3) is 0.158. The van der Waals surface area contributed by atoms with Gasteiger partial charge < -0.3 is 15.4 Å². The molecule has 0 unspecified atom stereocenters. The van der Waals surface area contributed by atoms with Gasteiger partial charge in [0.15, 0.2) is 5.11 Å². The number of anilines is 1. The number of rotatable bonds is 4. The summed E-state index contributed by atoms with van der Waals surface area (Å²) in [5.41, 5.74) is 3.29. The maximum atomic E-state index is 11.6.